The average Bonchev–Trinajstić information content (AvgIpc) is 2.92. The van der Waals surface area contributed by atoms with E-state index >= 15 is 0 Å². The van der Waals surface area contributed by atoms with Gasteiger partial charge in [-0.3, -0.25) is 14.4 Å². The van der Waals surface area contributed by atoms with Crippen molar-refractivity contribution < 1.29 is 14.4 Å². The lowest BCUT2D eigenvalue weighted by molar-refractivity contribution is -0.120. The molecule has 2 amide bonds. The number of rotatable bonds is 5. The molecule has 0 saturated heterocycles. The molecule has 1 heterocycles. The molecule has 0 saturated carbocycles. The number of nitrogens with zero attached hydrogens (tertiary/aromatic N) is 1. The molecule has 0 radical (unpaired) electrons. The fourth-order valence-corrected chi connectivity index (χ4v) is 2.66. The van der Waals surface area contributed by atoms with Crippen molar-refractivity contribution in [2.75, 3.05) is 10.4 Å². The van der Waals surface area contributed by atoms with Gasteiger partial charge in [0.05, 0.1) is 5.60 Å². The van der Waals surface area contributed by atoms with Gasteiger partial charge in [-0.05, 0) is 56.5 Å². The van der Waals surface area contributed by atoms with Gasteiger partial charge in [0.2, 0.25) is 6.41 Å². The van der Waals surface area contributed by atoms with Crippen molar-refractivity contribution in [2.45, 2.75) is 26.4 Å². The van der Waals surface area contributed by atoms with Crippen LogP contribution in [0, 0.1) is 0 Å². The van der Waals surface area contributed by atoms with E-state index in [1.807, 2.05) is 20.8 Å². The van der Waals surface area contributed by atoms with Crippen LogP contribution in [-0.2, 0) is 9.63 Å². The van der Waals surface area contributed by atoms with E-state index in [1.165, 1.54) is 11.3 Å². The normalized spacial score (nSPS) is 11.1. The van der Waals surface area contributed by atoms with Gasteiger partial charge in [-0.25, -0.2) is 0 Å². The zero-order valence-electron chi connectivity index (χ0n) is 13.0. The van der Waals surface area contributed by atoms with Gasteiger partial charge < -0.3 is 5.32 Å². The Labute approximate surface area is 143 Å². The van der Waals surface area contributed by atoms with Gasteiger partial charge in [-0.1, -0.05) is 11.6 Å². The Morgan fingerprint density at radius 2 is 1.91 bits per heavy atom. The number of nitrogens with one attached hydrogen (secondary N) is 1. The maximum absolute atomic E-state index is 12.3. The molecule has 122 valence electrons. The van der Waals surface area contributed by atoms with Gasteiger partial charge in [0.25, 0.3) is 5.91 Å². The van der Waals surface area contributed by atoms with Crippen molar-refractivity contribution in [3.63, 3.8) is 0 Å². The van der Waals surface area contributed by atoms with Crippen molar-refractivity contribution in [3.8, 4) is 0 Å². The lowest BCUT2D eigenvalue weighted by Gasteiger charge is -2.26. The Kier molecular flexibility index (Phi) is 5.41. The van der Waals surface area contributed by atoms with Crippen molar-refractivity contribution in [1.82, 2.24) is 0 Å². The number of thiophene rings is 1. The summed E-state index contributed by atoms with van der Waals surface area (Å²) >= 11 is 7.12. The maximum Gasteiger partial charge on any atom is 0.256 e. The average molecular weight is 353 g/mol. The lowest BCUT2D eigenvalue weighted by Crippen LogP contribution is -2.33. The van der Waals surface area contributed by atoms with E-state index in [1.54, 1.807) is 35.7 Å². The Bertz CT molecular complexity index is 692. The number of carbonyl (C=O) groups excluding carboxylic acids is 2. The molecule has 2 rings (SSSR count). The number of hydroxylamine groups is 1. The molecule has 7 heteroatoms. The van der Waals surface area contributed by atoms with Crippen LogP contribution in [0.4, 0.5) is 10.7 Å². The first-order chi connectivity index (χ1) is 10.8. The summed E-state index contributed by atoms with van der Waals surface area (Å²) in [7, 11) is 0. The van der Waals surface area contributed by atoms with E-state index in [4.69, 9.17) is 16.4 Å². The van der Waals surface area contributed by atoms with E-state index in [0.717, 1.165) is 5.06 Å². The first-order valence-electron chi connectivity index (χ1n) is 6.88. The third-order valence-electron chi connectivity index (χ3n) is 2.68. The largest absolute Gasteiger partial charge is 0.312 e. The van der Waals surface area contributed by atoms with Crippen LogP contribution in [0.25, 0.3) is 0 Å². The zero-order valence-corrected chi connectivity index (χ0v) is 14.6. The van der Waals surface area contributed by atoms with Crippen molar-refractivity contribution >= 4 is 45.9 Å². The number of hydrogen-bond donors (Lipinski definition) is 1. The fraction of sp³-hybridized carbons (Fsp3) is 0.250. The molecule has 23 heavy (non-hydrogen) atoms. The van der Waals surface area contributed by atoms with E-state index in [2.05, 4.69) is 5.32 Å². The highest BCUT2D eigenvalue weighted by atomic mass is 35.5. The van der Waals surface area contributed by atoms with Crippen LogP contribution in [0.2, 0.25) is 5.02 Å². The summed E-state index contributed by atoms with van der Waals surface area (Å²) in [4.78, 5) is 29.2. The maximum atomic E-state index is 12.3. The molecule has 2 aromatic rings. The quantitative estimate of drug-likeness (QED) is 0.643. The predicted octanol–water partition coefficient (Wildman–Crippen LogP) is 4.35. The summed E-state index contributed by atoms with van der Waals surface area (Å²) in [6.45, 7) is 5.51. The molecule has 0 atom stereocenters. The van der Waals surface area contributed by atoms with Crippen LogP contribution in [0.15, 0.2) is 35.7 Å². The Morgan fingerprint density at radius 1 is 1.26 bits per heavy atom. The molecule has 0 spiro atoms. The molecule has 5 nitrogen and oxygen atoms in total. The Balaban J connectivity index is 2.18. The van der Waals surface area contributed by atoms with Crippen LogP contribution in [-0.4, -0.2) is 17.9 Å². The molecular formula is C16H17ClN2O3S. The molecule has 0 aliphatic heterocycles. The van der Waals surface area contributed by atoms with Crippen LogP contribution in [0.5, 0.6) is 0 Å². The SMILES string of the molecule is CC(C)(C)ON(C=O)c1ccsc1NC(=O)c1ccc(Cl)cc1. The van der Waals surface area contributed by atoms with E-state index in [-0.39, 0.29) is 5.91 Å². The lowest BCUT2D eigenvalue weighted by atomic mass is 10.2. The summed E-state index contributed by atoms with van der Waals surface area (Å²) < 4.78 is 0. The van der Waals surface area contributed by atoms with Gasteiger partial charge in [-0.15, -0.1) is 11.3 Å². The summed E-state index contributed by atoms with van der Waals surface area (Å²) in [5, 5.41) is 6.76. The smallest absolute Gasteiger partial charge is 0.256 e. The zero-order chi connectivity index (χ0) is 17.0. The van der Waals surface area contributed by atoms with Crippen molar-refractivity contribution in [2.24, 2.45) is 0 Å². The number of amides is 2. The minimum atomic E-state index is -0.541. The summed E-state index contributed by atoms with van der Waals surface area (Å²) in [6, 6.07) is 8.27. The van der Waals surface area contributed by atoms with E-state index < -0.39 is 5.60 Å². The molecule has 1 N–H and O–H groups in total. The van der Waals surface area contributed by atoms with Crippen LogP contribution in [0.3, 0.4) is 0 Å². The fourth-order valence-electron chi connectivity index (χ4n) is 1.77. The molecule has 0 bridgehead atoms. The number of halogens is 1. The second-order valence-corrected chi connectivity index (χ2v) is 7.08. The highest BCUT2D eigenvalue weighted by Gasteiger charge is 2.21. The van der Waals surface area contributed by atoms with E-state index in [0.29, 0.717) is 27.7 Å². The number of anilines is 2. The Morgan fingerprint density at radius 3 is 2.48 bits per heavy atom. The number of hydrogen-bond acceptors (Lipinski definition) is 4. The second kappa shape index (κ2) is 7.12. The molecule has 0 aliphatic carbocycles. The van der Waals surface area contributed by atoms with Gasteiger partial charge in [0.15, 0.2) is 0 Å². The third kappa shape index (κ3) is 4.79. The summed E-state index contributed by atoms with van der Waals surface area (Å²) in [5.74, 6) is -0.285. The Hall–Kier alpha value is -1.89. The van der Waals surface area contributed by atoms with Gasteiger partial charge in [-0.2, -0.15) is 5.06 Å². The van der Waals surface area contributed by atoms with Crippen molar-refractivity contribution in [1.29, 1.82) is 0 Å². The van der Waals surface area contributed by atoms with Gasteiger partial charge in [0, 0.05) is 10.6 Å². The first kappa shape index (κ1) is 17.5. The highest BCUT2D eigenvalue weighted by Crippen LogP contribution is 2.33. The number of carbonyl (C=O) groups is 2. The van der Waals surface area contributed by atoms with Crippen LogP contribution in [0.1, 0.15) is 31.1 Å². The monoisotopic (exact) mass is 352 g/mol. The molecule has 0 aliphatic rings. The van der Waals surface area contributed by atoms with Crippen LogP contribution < -0.4 is 10.4 Å². The minimum Gasteiger partial charge on any atom is -0.312 e. The van der Waals surface area contributed by atoms with Crippen LogP contribution >= 0.6 is 22.9 Å². The van der Waals surface area contributed by atoms with Crippen molar-refractivity contribution in [3.05, 3.63) is 46.3 Å². The minimum absolute atomic E-state index is 0.285. The molecule has 1 aromatic heterocycles. The second-order valence-electron chi connectivity index (χ2n) is 5.73. The number of benzene rings is 1. The molecule has 0 unspecified atom stereocenters. The van der Waals surface area contributed by atoms with Gasteiger partial charge in [0.1, 0.15) is 10.7 Å². The summed E-state index contributed by atoms with van der Waals surface area (Å²) in [5.41, 5.74) is 0.422. The standard InChI is InChI=1S/C16H17ClN2O3S/c1-16(2,3)22-19(10-20)13-8-9-23-15(13)18-14(21)11-4-6-12(17)7-5-11/h4-10H,1-3H3,(H,18,21). The predicted molar refractivity (Wildman–Crippen MR) is 93.1 cm³/mol. The summed E-state index contributed by atoms with van der Waals surface area (Å²) in [6.07, 6.45) is 0.575. The molecule has 1 aromatic carbocycles. The van der Waals surface area contributed by atoms with E-state index in [9.17, 15) is 9.59 Å². The highest BCUT2D eigenvalue weighted by molar-refractivity contribution is 7.15. The topological polar surface area (TPSA) is 58.6 Å². The molecule has 0 fully saturated rings. The first-order valence-corrected chi connectivity index (χ1v) is 8.14. The van der Waals surface area contributed by atoms with Gasteiger partial charge >= 0.3 is 0 Å². The third-order valence-corrected chi connectivity index (χ3v) is 3.75. The molecular weight excluding hydrogens is 336 g/mol.